The van der Waals surface area contributed by atoms with Crippen LogP contribution in [0.25, 0.3) is 0 Å². The zero-order valence-electron chi connectivity index (χ0n) is 44.5. The van der Waals surface area contributed by atoms with Crippen LogP contribution >= 0.6 is 0 Å². The van der Waals surface area contributed by atoms with Crippen molar-refractivity contribution in [2.45, 2.75) is 321 Å². The summed E-state index contributed by atoms with van der Waals surface area (Å²) < 4.78 is 0. The fraction of sp³-hybridized carbons (Fsp3) is 0.823. The van der Waals surface area contributed by atoms with Crippen molar-refractivity contribution >= 4 is 5.91 Å². The van der Waals surface area contributed by atoms with E-state index in [0.29, 0.717) is 6.42 Å². The molecular formula is C62H115NO3. The van der Waals surface area contributed by atoms with Crippen LogP contribution in [0.15, 0.2) is 60.8 Å². The van der Waals surface area contributed by atoms with Gasteiger partial charge in [0, 0.05) is 6.42 Å². The van der Waals surface area contributed by atoms with Gasteiger partial charge in [-0.1, -0.05) is 293 Å². The standard InChI is InChI=1S/C62H115NO3/c1-3-5-7-9-11-13-15-17-19-21-23-25-26-27-28-29-30-31-32-33-34-35-36-38-40-42-44-46-48-50-52-54-56-58-62(66)63-60(59-64)61(65)57-55-53-51-49-47-45-43-41-39-37-24-22-20-18-16-14-12-10-8-6-4-2/h15,17,21,23,26-27,47,49,55,57,60-61,64-65H,3-14,16,18-20,22,24-25,28-46,48,50-54,56,58-59H2,1-2H3,(H,63,66)/b17-15-,23-21-,27-26-,49-47+,57-55+. The fourth-order valence-electron chi connectivity index (χ4n) is 8.97. The molecule has 0 fully saturated rings. The molecule has 3 N–H and O–H groups in total. The van der Waals surface area contributed by atoms with E-state index in [4.69, 9.17) is 0 Å². The van der Waals surface area contributed by atoms with Gasteiger partial charge >= 0.3 is 0 Å². The largest absolute Gasteiger partial charge is 0.394 e. The van der Waals surface area contributed by atoms with E-state index >= 15 is 0 Å². The van der Waals surface area contributed by atoms with E-state index in [9.17, 15) is 15.0 Å². The third-order valence-corrected chi connectivity index (χ3v) is 13.5. The number of hydrogen-bond donors (Lipinski definition) is 3. The topological polar surface area (TPSA) is 69.6 Å². The number of nitrogens with one attached hydrogen (secondary N) is 1. The van der Waals surface area contributed by atoms with Gasteiger partial charge in [0.15, 0.2) is 0 Å². The molecule has 2 unspecified atom stereocenters. The van der Waals surface area contributed by atoms with Gasteiger partial charge in [0.05, 0.1) is 18.8 Å². The van der Waals surface area contributed by atoms with E-state index < -0.39 is 12.1 Å². The lowest BCUT2D eigenvalue weighted by molar-refractivity contribution is -0.123. The van der Waals surface area contributed by atoms with Gasteiger partial charge in [-0.15, -0.1) is 0 Å². The van der Waals surface area contributed by atoms with E-state index in [0.717, 1.165) is 44.9 Å². The summed E-state index contributed by atoms with van der Waals surface area (Å²) in [6.45, 7) is 4.31. The van der Waals surface area contributed by atoms with E-state index in [2.05, 4.69) is 67.8 Å². The van der Waals surface area contributed by atoms with Gasteiger partial charge in [0.1, 0.15) is 0 Å². The van der Waals surface area contributed by atoms with Crippen LogP contribution in [-0.4, -0.2) is 34.9 Å². The summed E-state index contributed by atoms with van der Waals surface area (Å²) in [5, 5.41) is 23.2. The van der Waals surface area contributed by atoms with Crippen molar-refractivity contribution in [3.63, 3.8) is 0 Å². The first-order chi connectivity index (χ1) is 32.7. The van der Waals surface area contributed by atoms with Crippen LogP contribution in [0, 0.1) is 0 Å². The van der Waals surface area contributed by atoms with Crippen LogP contribution in [0.1, 0.15) is 309 Å². The number of aliphatic hydroxyl groups is 2. The minimum atomic E-state index is -0.864. The van der Waals surface area contributed by atoms with Gasteiger partial charge in [-0.25, -0.2) is 0 Å². The Morgan fingerprint density at radius 3 is 0.985 bits per heavy atom. The van der Waals surface area contributed by atoms with Gasteiger partial charge in [-0.2, -0.15) is 0 Å². The fourth-order valence-corrected chi connectivity index (χ4v) is 8.97. The quantitative estimate of drug-likeness (QED) is 0.0420. The summed E-state index contributed by atoms with van der Waals surface area (Å²) in [5.41, 5.74) is 0. The van der Waals surface area contributed by atoms with E-state index in [1.807, 2.05) is 6.08 Å². The van der Waals surface area contributed by atoms with Crippen molar-refractivity contribution in [1.82, 2.24) is 5.32 Å². The number of aliphatic hydroxyl groups excluding tert-OH is 2. The number of hydrogen-bond acceptors (Lipinski definition) is 3. The third-order valence-electron chi connectivity index (χ3n) is 13.5. The maximum absolute atomic E-state index is 12.5. The number of carbonyl (C=O) groups is 1. The smallest absolute Gasteiger partial charge is 0.220 e. The Hall–Kier alpha value is -1.91. The van der Waals surface area contributed by atoms with Crippen LogP contribution in [0.2, 0.25) is 0 Å². The minimum absolute atomic E-state index is 0.0705. The summed E-state index contributed by atoms with van der Waals surface area (Å²) in [7, 11) is 0. The van der Waals surface area contributed by atoms with E-state index in [-0.39, 0.29) is 12.5 Å². The molecule has 0 saturated carbocycles. The van der Waals surface area contributed by atoms with Crippen LogP contribution in [0.5, 0.6) is 0 Å². The molecular weight excluding hydrogens is 807 g/mol. The van der Waals surface area contributed by atoms with Crippen molar-refractivity contribution in [3.8, 4) is 0 Å². The molecule has 0 aromatic heterocycles. The molecule has 386 valence electrons. The van der Waals surface area contributed by atoms with Gasteiger partial charge < -0.3 is 15.5 Å². The van der Waals surface area contributed by atoms with Crippen molar-refractivity contribution in [1.29, 1.82) is 0 Å². The molecule has 2 atom stereocenters. The van der Waals surface area contributed by atoms with Gasteiger partial charge in [-0.05, 0) is 70.6 Å². The molecule has 0 aliphatic carbocycles. The van der Waals surface area contributed by atoms with Crippen LogP contribution in [0.3, 0.4) is 0 Å². The van der Waals surface area contributed by atoms with Crippen LogP contribution in [0.4, 0.5) is 0 Å². The van der Waals surface area contributed by atoms with Crippen molar-refractivity contribution in [3.05, 3.63) is 60.8 Å². The molecule has 0 heterocycles. The molecule has 0 aromatic rings. The Kier molecular flexibility index (Phi) is 55.7. The molecule has 0 rings (SSSR count). The highest BCUT2D eigenvalue weighted by molar-refractivity contribution is 5.76. The zero-order valence-corrected chi connectivity index (χ0v) is 44.5. The Balaban J connectivity index is 3.50. The molecule has 0 bridgehead atoms. The maximum Gasteiger partial charge on any atom is 0.220 e. The molecule has 0 aliphatic heterocycles. The average Bonchev–Trinajstić information content (AvgIpc) is 3.32. The van der Waals surface area contributed by atoms with Crippen molar-refractivity contribution in [2.75, 3.05) is 6.61 Å². The first-order valence-corrected chi connectivity index (χ1v) is 29.5. The molecule has 0 aromatic carbocycles. The van der Waals surface area contributed by atoms with Gasteiger partial charge in [0.25, 0.3) is 0 Å². The molecule has 4 nitrogen and oxygen atoms in total. The van der Waals surface area contributed by atoms with Crippen LogP contribution in [-0.2, 0) is 4.79 Å². The second kappa shape index (κ2) is 57.4. The third kappa shape index (κ3) is 53.1. The normalized spacial score (nSPS) is 13.2. The zero-order chi connectivity index (χ0) is 47.7. The Morgan fingerprint density at radius 1 is 0.364 bits per heavy atom. The second-order valence-corrected chi connectivity index (χ2v) is 20.1. The first kappa shape index (κ1) is 64.1. The highest BCUT2D eigenvalue weighted by atomic mass is 16.3. The molecule has 0 spiro atoms. The number of amides is 1. The predicted octanol–water partition coefficient (Wildman–Crippen LogP) is 19.6. The highest BCUT2D eigenvalue weighted by Gasteiger charge is 2.18. The lowest BCUT2D eigenvalue weighted by atomic mass is 10.0. The maximum atomic E-state index is 12.5. The predicted molar refractivity (Wildman–Crippen MR) is 294 cm³/mol. The Labute approximate surface area is 413 Å². The SMILES string of the molecule is CCCCCCC/C=C\C/C=C\C/C=C\CCCCCCCCCCCCCCCCCCCCC(=O)NC(CO)C(O)/C=C/CC/C=C/CCCCCCCCCCCCCCCCC. The number of rotatable bonds is 54. The molecule has 0 aliphatic rings. The summed E-state index contributed by atoms with van der Waals surface area (Å²) in [6, 6.07) is -0.641. The lowest BCUT2D eigenvalue weighted by Crippen LogP contribution is -2.45. The van der Waals surface area contributed by atoms with Crippen LogP contribution < -0.4 is 5.32 Å². The minimum Gasteiger partial charge on any atom is -0.394 e. The van der Waals surface area contributed by atoms with E-state index in [1.54, 1.807) is 6.08 Å². The number of carbonyl (C=O) groups excluding carboxylic acids is 1. The number of allylic oxidation sites excluding steroid dienone is 9. The average molecular weight is 923 g/mol. The molecule has 0 saturated heterocycles. The van der Waals surface area contributed by atoms with E-state index in [1.165, 1.54) is 244 Å². The lowest BCUT2D eigenvalue weighted by Gasteiger charge is -2.19. The van der Waals surface area contributed by atoms with Gasteiger partial charge in [-0.3, -0.25) is 4.79 Å². The van der Waals surface area contributed by atoms with Gasteiger partial charge in [0.2, 0.25) is 5.91 Å². The second-order valence-electron chi connectivity index (χ2n) is 20.1. The summed E-state index contributed by atoms with van der Waals surface area (Å²) in [6.07, 6.45) is 81.1. The number of unbranched alkanes of at least 4 members (excludes halogenated alkanes) is 39. The molecule has 4 heteroatoms. The monoisotopic (exact) mass is 922 g/mol. The Morgan fingerprint density at radius 2 is 0.636 bits per heavy atom. The molecule has 66 heavy (non-hydrogen) atoms. The molecule has 1 amide bonds. The summed E-state index contributed by atoms with van der Waals surface area (Å²) in [5.74, 6) is -0.0705. The molecule has 0 radical (unpaired) electrons. The first-order valence-electron chi connectivity index (χ1n) is 29.5. The Bertz CT molecular complexity index is 1090. The van der Waals surface area contributed by atoms with Crippen molar-refractivity contribution < 1.29 is 15.0 Å². The van der Waals surface area contributed by atoms with Crippen molar-refractivity contribution in [2.24, 2.45) is 0 Å². The summed E-state index contributed by atoms with van der Waals surface area (Å²) in [4.78, 5) is 12.5. The highest BCUT2D eigenvalue weighted by Crippen LogP contribution is 2.17. The summed E-state index contributed by atoms with van der Waals surface area (Å²) >= 11 is 0.